The summed E-state index contributed by atoms with van der Waals surface area (Å²) in [5, 5.41) is 18.6. The SMILES string of the molecule is CSCC1OC(C)[C@H](O)[C@@H]1O. The van der Waals surface area contributed by atoms with Crippen molar-refractivity contribution in [2.75, 3.05) is 12.0 Å². The zero-order valence-electron chi connectivity index (χ0n) is 6.73. The van der Waals surface area contributed by atoms with Crippen molar-refractivity contribution < 1.29 is 14.9 Å². The molecule has 11 heavy (non-hydrogen) atoms. The summed E-state index contributed by atoms with van der Waals surface area (Å²) in [6.45, 7) is 1.77. The van der Waals surface area contributed by atoms with Crippen LogP contribution in [0.25, 0.3) is 0 Å². The molecule has 0 aliphatic carbocycles. The number of aliphatic hydroxyl groups is 2. The van der Waals surface area contributed by atoms with E-state index in [0.717, 1.165) is 5.75 Å². The molecule has 0 amide bonds. The lowest BCUT2D eigenvalue weighted by molar-refractivity contribution is 0.0302. The van der Waals surface area contributed by atoms with Crippen LogP contribution in [-0.4, -0.2) is 46.6 Å². The van der Waals surface area contributed by atoms with Gasteiger partial charge in [0.25, 0.3) is 0 Å². The molecule has 0 bridgehead atoms. The highest BCUT2D eigenvalue weighted by Crippen LogP contribution is 2.22. The Kier molecular flexibility index (Phi) is 3.18. The Bertz CT molecular complexity index is 131. The van der Waals surface area contributed by atoms with Crippen LogP contribution in [0.1, 0.15) is 6.92 Å². The quantitative estimate of drug-likeness (QED) is 0.618. The van der Waals surface area contributed by atoms with Crippen molar-refractivity contribution in [3.05, 3.63) is 0 Å². The number of hydrogen-bond donors (Lipinski definition) is 2. The van der Waals surface area contributed by atoms with Crippen LogP contribution in [-0.2, 0) is 4.74 Å². The Morgan fingerprint density at radius 1 is 1.36 bits per heavy atom. The second kappa shape index (κ2) is 3.76. The molecule has 1 aliphatic heterocycles. The first-order valence-electron chi connectivity index (χ1n) is 3.67. The second-order valence-corrected chi connectivity index (χ2v) is 3.73. The zero-order valence-corrected chi connectivity index (χ0v) is 7.54. The molecule has 1 rings (SSSR count). The van der Waals surface area contributed by atoms with Gasteiger partial charge < -0.3 is 14.9 Å². The fourth-order valence-corrected chi connectivity index (χ4v) is 1.84. The van der Waals surface area contributed by atoms with E-state index in [-0.39, 0.29) is 12.2 Å². The van der Waals surface area contributed by atoms with Gasteiger partial charge in [0.15, 0.2) is 0 Å². The number of hydrogen-bond acceptors (Lipinski definition) is 4. The van der Waals surface area contributed by atoms with Crippen molar-refractivity contribution in [2.24, 2.45) is 0 Å². The molecule has 0 aromatic heterocycles. The van der Waals surface area contributed by atoms with Crippen molar-refractivity contribution in [3.8, 4) is 0 Å². The van der Waals surface area contributed by atoms with Gasteiger partial charge in [-0.15, -0.1) is 0 Å². The Morgan fingerprint density at radius 2 is 2.00 bits per heavy atom. The molecular formula is C7H14O3S. The molecule has 66 valence electrons. The third-order valence-corrected chi connectivity index (χ3v) is 2.59. The summed E-state index contributed by atoms with van der Waals surface area (Å²) in [6, 6.07) is 0. The average molecular weight is 178 g/mol. The van der Waals surface area contributed by atoms with E-state index in [1.54, 1.807) is 18.7 Å². The average Bonchev–Trinajstić information content (AvgIpc) is 2.19. The molecule has 0 spiro atoms. The van der Waals surface area contributed by atoms with Gasteiger partial charge in [-0.05, 0) is 13.2 Å². The molecule has 0 radical (unpaired) electrons. The molecule has 3 nitrogen and oxygen atoms in total. The van der Waals surface area contributed by atoms with Crippen LogP contribution < -0.4 is 0 Å². The van der Waals surface area contributed by atoms with E-state index >= 15 is 0 Å². The maximum atomic E-state index is 9.37. The van der Waals surface area contributed by atoms with Gasteiger partial charge in [0.05, 0.1) is 12.2 Å². The maximum Gasteiger partial charge on any atom is 0.109 e. The minimum atomic E-state index is -0.716. The van der Waals surface area contributed by atoms with Crippen molar-refractivity contribution in [2.45, 2.75) is 31.3 Å². The third-order valence-electron chi connectivity index (χ3n) is 1.93. The first kappa shape index (κ1) is 9.32. The fraction of sp³-hybridized carbons (Fsp3) is 1.00. The van der Waals surface area contributed by atoms with E-state index in [1.807, 2.05) is 6.26 Å². The Hall–Kier alpha value is 0.230. The highest BCUT2D eigenvalue weighted by molar-refractivity contribution is 7.98. The van der Waals surface area contributed by atoms with Crippen LogP contribution in [0.2, 0.25) is 0 Å². The lowest BCUT2D eigenvalue weighted by Crippen LogP contribution is -2.32. The topological polar surface area (TPSA) is 49.7 Å². The standard InChI is InChI=1S/C7H14O3S/c1-4-6(8)7(9)5(10-4)3-11-2/h4-9H,3H2,1-2H3/t4?,5?,6-,7+/m0/s1. The lowest BCUT2D eigenvalue weighted by Gasteiger charge is -2.12. The highest BCUT2D eigenvalue weighted by atomic mass is 32.2. The van der Waals surface area contributed by atoms with E-state index in [1.165, 1.54) is 0 Å². The van der Waals surface area contributed by atoms with Crippen LogP contribution >= 0.6 is 11.8 Å². The minimum absolute atomic E-state index is 0.199. The Labute approximate surface area is 70.7 Å². The van der Waals surface area contributed by atoms with Crippen LogP contribution in [0.5, 0.6) is 0 Å². The summed E-state index contributed by atoms with van der Waals surface area (Å²) in [5.74, 6) is 0.739. The summed E-state index contributed by atoms with van der Waals surface area (Å²) >= 11 is 1.61. The van der Waals surface area contributed by atoms with Crippen molar-refractivity contribution >= 4 is 11.8 Å². The van der Waals surface area contributed by atoms with Gasteiger partial charge in [-0.1, -0.05) is 0 Å². The molecule has 2 N–H and O–H groups in total. The van der Waals surface area contributed by atoms with Crippen molar-refractivity contribution in [1.82, 2.24) is 0 Å². The summed E-state index contributed by atoms with van der Waals surface area (Å²) in [6.07, 6.45) is 0.0904. The van der Waals surface area contributed by atoms with Crippen LogP contribution in [0.4, 0.5) is 0 Å². The van der Waals surface area contributed by atoms with E-state index in [0.29, 0.717) is 0 Å². The monoisotopic (exact) mass is 178 g/mol. The summed E-state index contributed by atoms with van der Waals surface area (Å²) in [4.78, 5) is 0. The maximum absolute atomic E-state index is 9.37. The summed E-state index contributed by atoms with van der Waals surface area (Å²) < 4.78 is 5.31. The van der Waals surface area contributed by atoms with E-state index in [4.69, 9.17) is 4.74 Å². The predicted octanol–water partition coefficient (Wildman–Crippen LogP) is -0.142. The summed E-state index contributed by atoms with van der Waals surface area (Å²) in [5.41, 5.74) is 0. The third kappa shape index (κ3) is 1.87. The Balaban J connectivity index is 2.45. The number of thioether (sulfide) groups is 1. The van der Waals surface area contributed by atoms with Gasteiger partial charge in [0, 0.05) is 5.75 Å². The van der Waals surface area contributed by atoms with Gasteiger partial charge in [-0.25, -0.2) is 0 Å². The number of ether oxygens (including phenoxy) is 1. The molecule has 1 saturated heterocycles. The predicted molar refractivity (Wildman–Crippen MR) is 44.7 cm³/mol. The first-order chi connectivity index (χ1) is 5.16. The molecule has 2 unspecified atom stereocenters. The van der Waals surface area contributed by atoms with Gasteiger partial charge in [0.2, 0.25) is 0 Å². The van der Waals surface area contributed by atoms with Crippen LogP contribution in [0, 0.1) is 0 Å². The lowest BCUT2D eigenvalue weighted by atomic mass is 10.1. The first-order valence-corrected chi connectivity index (χ1v) is 5.06. The van der Waals surface area contributed by atoms with E-state index in [2.05, 4.69) is 0 Å². The van der Waals surface area contributed by atoms with Gasteiger partial charge in [0.1, 0.15) is 12.2 Å². The van der Waals surface area contributed by atoms with Crippen molar-refractivity contribution in [3.63, 3.8) is 0 Å². The normalized spacial score (nSPS) is 44.7. The molecule has 4 heteroatoms. The molecule has 0 aromatic carbocycles. The molecule has 0 saturated carbocycles. The highest BCUT2D eigenvalue weighted by Gasteiger charge is 2.39. The largest absolute Gasteiger partial charge is 0.388 e. The molecule has 0 aromatic rings. The molecule has 1 aliphatic rings. The van der Waals surface area contributed by atoms with E-state index < -0.39 is 12.2 Å². The van der Waals surface area contributed by atoms with Crippen LogP contribution in [0.15, 0.2) is 0 Å². The molecule has 1 heterocycles. The number of rotatable bonds is 2. The molecular weight excluding hydrogens is 164 g/mol. The van der Waals surface area contributed by atoms with Gasteiger partial charge >= 0.3 is 0 Å². The summed E-state index contributed by atoms with van der Waals surface area (Å²) in [7, 11) is 0. The Morgan fingerprint density at radius 3 is 2.36 bits per heavy atom. The minimum Gasteiger partial charge on any atom is -0.388 e. The molecule has 1 fully saturated rings. The fourth-order valence-electron chi connectivity index (χ4n) is 1.24. The second-order valence-electron chi connectivity index (χ2n) is 2.82. The van der Waals surface area contributed by atoms with Gasteiger partial charge in [-0.2, -0.15) is 11.8 Å². The number of aliphatic hydroxyl groups excluding tert-OH is 2. The molecule has 4 atom stereocenters. The van der Waals surface area contributed by atoms with Crippen LogP contribution in [0.3, 0.4) is 0 Å². The van der Waals surface area contributed by atoms with Gasteiger partial charge in [-0.3, -0.25) is 0 Å². The smallest absolute Gasteiger partial charge is 0.109 e. The van der Waals surface area contributed by atoms with Crippen molar-refractivity contribution in [1.29, 1.82) is 0 Å². The zero-order chi connectivity index (χ0) is 8.43. The van der Waals surface area contributed by atoms with E-state index in [9.17, 15) is 10.2 Å².